The number of rotatable bonds is 0. The van der Waals surface area contributed by atoms with Crippen molar-refractivity contribution >= 4 is 145 Å². The van der Waals surface area contributed by atoms with E-state index < -0.39 is 9.05 Å². The summed E-state index contributed by atoms with van der Waals surface area (Å²) in [6, 6.07) is 0. The summed E-state index contributed by atoms with van der Waals surface area (Å²) in [6.45, 7) is 0. The molecule has 0 amide bonds. The molecular weight excluding hydrogens is 319 g/mol. The van der Waals surface area contributed by atoms with E-state index in [0.29, 0.717) is 0 Å². The van der Waals surface area contributed by atoms with Crippen LogP contribution in [0.25, 0.3) is 0 Å². The molecule has 0 aromatic carbocycles. The second-order valence-electron chi connectivity index (χ2n) is 0.600. The molecule has 6 nitrogen and oxygen atoms in total. The predicted octanol–water partition coefficient (Wildman–Crippen LogP) is -7.66. The van der Waals surface area contributed by atoms with E-state index in [4.69, 9.17) is 19.2 Å². The van der Waals surface area contributed by atoms with Gasteiger partial charge in [0.25, 0.3) is 0 Å². The third-order valence-corrected chi connectivity index (χ3v) is 0. The van der Waals surface area contributed by atoms with Crippen molar-refractivity contribution < 1.29 is 49.6 Å². The van der Waals surface area contributed by atoms with E-state index in [0.717, 1.165) is 0 Å². The topological polar surface area (TPSA) is 144 Å². The van der Waals surface area contributed by atoms with E-state index in [1.807, 2.05) is 0 Å². The summed E-state index contributed by atoms with van der Waals surface area (Å²) in [7, 11) is -4.61. The van der Waals surface area contributed by atoms with Gasteiger partial charge in [0.2, 0.25) is 0 Å². The van der Waals surface area contributed by atoms with Crippen LogP contribution in [0.1, 0.15) is 0 Å². The van der Waals surface area contributed by atoms with Crippen LogP contribution in [0.5, 0.6) is 0 Å². The Labute approximate surface area is 190 Å². The zero-order chi connectivity index (χ0) is 4.50. The summed E-state index contributed by atoms with van der Waals surface area (Å²) in [5.41, 5.74) is 0. The summed E-state index contributed by atoms with van der Waals surface area (Å²) in [5.74, 6) is 0. The average Bonchev–Trinajstić information content (AvgIpc) is 0.722. The second kappa shape index (κ2) is 29.8. The van der Waals surface area contributed by atoms with Crippen LogP contribution in [-0.2, 0) is 19.5 Å². The summed E-state index contributed by atoms with van der Waals surface area (Å²) < 4.78 is 0. The summed E-state index contributed by atoms with van der Waals surface area (Å²) in [6.07, 6.45) is 0. The maximum atomic E-state index is 7.33. The Hall–Kier alpha value is 5.03. The van der Waals surface area contributed by atoms with Gasteiger partial charge in [0.15, 0.2) is 17.4 Å². The molecule has 0 aliphatic heterocycles. The molecule has 12 heteroatoms. The minimum Gasteiger partial charge on any atom is 0 e. The Kier molecular flexibility index (Phi) is 133. The van der Waals surface area contributed by atoms with Crippen molar-refractivity contribution in [3.63, 3.8) is 0 Å². The van der Waals surface area contributed by atoms with Gasteiger partial charge in [0, 0.05) is 19.5 Å². The van der Waals surface area contributed by atoms with Gasteiger partial charge in [-0.25, -0.2) is 0 Å². The molecule has 0 spiro atoms. The molecule has 0 radical (unpaired) electrons. The molecular formula is H15AlCaKNaO6SiZn. The van der Waals surface area contributed by atoms with Crippen LogP contribution in [0.3, 0.4) is 0 Å². The molecule has 0 unspecified atom stereocenters. The molecule has 0 heterocycles. The van der Waals surface area contributed by atoms with Crippen molar-refractivity contribution in [3.05, 3.63) is 0 Å². The SMILES string of the molecule is O.O.O[Si](O)(O)O.[AlH3].[CaH2].[KH].[NaH].[Zn]. The van der Waals surface area contributed by atoms with Gasteiger partial charge < -0.3 is 30.1 Å². The average molecular weight is 334 g/mol. The van der Waals surface area contributed by atoms with Gasteiger partial charge in [0.05, 0.1) is 0 Å². The van der Waals surface area contributed by atoms with E-state index in [1.165, 1.54) is 0 Å². The maximum Gasteiger partial charge on any atom is 0 e. The molecule has 0 aliphatic rings. The van der Waals surface area contributed by atoms with Crippen LogP contribution < -0.4 is 0 Å². The van der Waals surface area contributed by atoms with E-state index in [2.05, 4.69) is 0 Å². The first-order chi connectivity index (χ1) is 2.00. The van der Waals surface area contributed by atoms with Crippen LogP contribution in [0.15, 0.2) is 0 Å². The van der Waals surface area contributed by atoms with E-state index in [9.17, 15) is 0 Å². The maximum absolute atomic E-state index is 7.33. The normalized spacial score (nSPS) is 5.00. The minimum atomic E-state index is -4.61. The van der Waals surface area contributed by atoms with Crippen LogP contribution in [0.4, 0.5) is 0 Å². The summed E-state index contributed by atoms with van der Waals surface area (Å²) in [4.78, 5) is 29.3. The smallest absolute Gasteiger partial charge is 0 e. The van der Waals surface area contributed by atoms with Gasteiger partial charge in [-0.15, -0.1) is 0 Å². The molecule has 0 aromatic rings. The van der Waals surface area contributed by atoms with E-state index in [1.54, 1.807) is 0 Å². The molecule has 0 bridgehead atoms. The van der Waals surface area contributed by atoms with Crippen LogP contribution in [-0.4, -0.2) is 175 Å². The first-order valence-electron chi connectivity index (χ1n) is 0.894. The van der Waals surface area contributed by atoms with Gasteiger partial charge in [-0.1, -0.05) is 0 Å². The Morgan fingerprint density at radius 2 is 0.833 bits per heavy atom. The molecule has 0 aliphatic carbocycles. The van der Waals surface area contributed by atoms with Gasteiger partial charge in [-0.05, 0) is 0 Å². The first kappa shape index (κ1) is 53.7. The molecule has 0 rings (SSSR count). The van der Waals surface area contributed by atoms with Crippen LogP contribution in [0.2, 0.25) is 0 Å². The zero-order valence-corrected chi connectivity index (χ0v) is 7.96. The largest absolute Gasteiger partial charge is 0 e. The van der Waals surface area contributed by atoms with Gasteiger partial charge in [0.1, 0.15) is 0 Å². The molecule has 0 atom stereocenters. The van der Waals surface area contributed by atoms with Crippen molar-refractivity contribution in [2.45, 2.75) is 0 Å². The molecule has 0 saturated heterocycles. The third-order valence-electron chi connectivity index (χ3n) is 0. The summed E-state index contributed by atoms with van der Waals surface area (Å²) >= 11 is 0. The molecule has 64 valence electrons. The van der Waals surface area contributed by atoms with E-state index in [-0.39, 0.29) is 166 Å². The van der Waals surface area contributed by atoms with Crippen molar-refractivity contribution in [2.75, 3.05) is 0 Å². The van der Waals surface area contributed by atoms with Crippen molar-refractivity contribution in [3.8, 4) is 0 Å². The van der Waals surface area contributed by atoms with Crippen molar-refractivity contribution in [2.24, 2.45) is 0 Å². The Balaban J connectivity index is -0.00000000381. The van der Waals surface area contributed by atoms with Gasteiger partial charge in [-0.2, -0.15) is 0 Å². The number of hydrogen-bond acceptors (Lipinski definition) is 4. The van der Waals surface area contributed by atoms with Gasteiger partial charge in [-0.3, -0.25) is 0 Å². The fourth-order valence-electron chi connectivity index (χ4n) is 0. The predicted molar refractivity (Wildman–Crippen MR) is 54.6 cm³/mol. The fraction of sp³-hybridized carbons (Fsp3) is 0. The monoisotopic (exact) mass is 332 g/mol. The molecule has 8 N–H and O–H groups in total. The van der Waals surface area contributed by atoms with Crippen LogP contribution >= 0.6 is 0 Å². The summed E-state index contributed by atoms with van der Waals surface area (Å²) in [5, 5.41) is 0. The van der Waals surface area contributed by atoms with Gasteiger partial charge >= 0.3 is 128 Å². The molecule has 0 aromatic heterocycles. The minimum absolute atomic E-state index is 0. The van der Waals surface area contributed by atoms with E-state index >= 15 is 0 Å². The Morgan fingerprint density at radius 3 is 0.833 bits per heavy atom. The first-order valence-corrected chi connectivity index (χ1v) is 2.68. The standard InChI is InChI=1S/Al.Ca.K.Na.H4O4Si.2H2O.Zn.7H/c;;;;1-5(2,3)4;;;;;;;;;;/h;;;;1-4H;2*1H2;;;;;;;;. The fourth-order valence-corrected chi connectivity index (χ4v) is 0. The quantitative estimate of drug-likeness (QED) is 0.326. The van der Waals surface area contributed by atoms with Crippen molar-refractivity contribution in [1.82, 2.24) is 0 Å². The second-order valence-corrected chi connectivity index (χ2v) is 1.80. The Morgan fingerprint density at radius 1 is 0.833 bits per heavy atom. The van der Waals surface area contributed by atoms with Crippen molar-refractivity contribution in [1.29, 1.82) is 0 Å². The zero-order valence-electron chi connectivity index (χ0n) is 4.00. The third kappa shape index (κ3) is 117. The number of hydrogen-bond donors (Lipinski definition) is 4. The van der Waals surface area contributed by atoms with Crippen LogP contribution in [0, 0.1) is 0 Å². The molecule has 0 saturated carbocycles. The molecule has 0 fully saturated rings. The molecule has 12 heavy (non-hydrogen) atoms. The Bertz CT molecular complexity index is 43.0.